The fraction of sp³-hybridized carbons (Fsp3) is 0.176. The minimum absolute atomic E-state index is 0.165. The molecule has 0 saturated carbocycles. The predicted octanol–water partition coefficient (Wildman–Crippen LogP) is 4.20. The van der Waals surface area contributed by atoms with Crippen molar-refractivity contribution in [3.8, 4) is 0 Å². The number of amides is 1. The van der Waals surface area contributed by atoms with Crippen LogP contribution in [0.25, 0.3) is 0 Å². The maximum absolute atomic E-state index is 12.3. The van der Waals surface area contributed by atoms with Gasteiger partial charge in [0.15, 0.2) is 6.10 Å². The summed E-state index contributed by atoms with van der Waals surface area (Å²) in [6, 6.07) is 13.5. The highest BCUT2D eigenvalue weighted by Gasteiger charge is 2.24. The average molecular weight is 352 g/mol. The molecule has 0 spiro atoms. The van der Waals surface area contributed by atoms with Crippen LogP contribution in [-0.4, -0.2) is 25.0 Å². The lowest BCUT2D eigenvalue weighted by molar-refractivity contribution is -0.126. The molecule has 0 aromatic heterocycles. The smallest absolute Gasteiger partial charge is 0.340 e. The van der Waals surface area contributed by atoms with Crippen molar-refractivity contribution >= 4 is 40.8 Å². The number of esters is 1. The van der Waals surface area contributed by atoms with Gasteiger partial charge in [0.25, 0.3) is 5.91 Å². The number of likely N-dealkylation sites (N-methyl/N-ethyl adjacent to an activating group) is 1. The highest BCUT2D eigenvalue weighted by atomic mass is 35.5. The van der Waals surface area contributed by atoms with E-state index in [2.05, 4.69) is 0 Å². The van der Waals surface area contributed by atoms with E-state index in [-0.39, 0.29) is 16.5 Å². The fourth-order valence-corrected chi connectivity index (χ4v) is 2.47. The summed E-state index contributed by atoms with van der Waals surface area (Å²) in [6.45, 7) is 1.52. The third-order valence-corrected chi connectivity index (χ3v) is 3.80. The Hall–Kier alpha value is -2.04. The molecule has 0 aliphatic rings. The largest absolute Gasteiger partial charge is 0.449 e. The minimum atomic E-state index is -0.945. The maximum Gasteiger partial charge on any atom is 0.340 e. The summed E-state index contributed by atoms with van der Waals surface area (Å²) in [4.78, 5) is 25.9. The van der Waals surface area contributed by atoms with Gasteiger partial charge in [-0.25, -0.2) is 4.79 Å². The summed E-state index contributed by atoms with van der Waals surface area (Å²) in [7, 11) is 1.62. The number of halogens is 2. The molecule has 0 unspecified atom stereocenters. The normalized spacial score (nSPS) is 11.7. The lowest BCUT2D eigenvalue weighted by Crippen LogP contribution is -2.37. The third-order valence-electron chi connectivity index (χ3n) is 3.26. The summed E-state index contributed by atoms with van der Waals surface area (Å²) < 4.78 is 5.20. The molecule has 2 aromatic carbocycles. The molecule has 1 atom stereocenters. The number of nitrogens with zero attached hydrogens (tertiary/aromatic N) is 1. The zero-order chi connectivity index (χ0) is 17.0. The van der Waals surface area contributed by atoms with Crippen LogP contribution in [0.1, 0.15) is 17.3 Å². The van der Waals surface area contributed by atoms with E-state index < -0.39 is 12.1 Å². The van der Waals surface area contributed by atoms with Gasteiger partial charge < -0.3 is 9.64 Å². The van der Waals surface area contributed by atoms with E-state index in [1.54, 1.807) is 19.2 Å². The Morgan fingerprint density at radius 2 is 1.74 bits per heavy atom. The van der Waals surface area contributed by atoms with E-state index >= 15 is 0 Å². The van der Waals surface area contributed by atoms with E-state index in [0.717, 1.165) is 0 Å². The summed E-state index contributed by atoms with van der Waals surface area (Å²) in [5.41, 5.74) is 0.878. The van der Waals surface area contributed by atoms with Gasteiger partial charge in [-0.05, 0) is 37.3 Å². The number of hydrogen-bond donors (Lipinski definition) is 0. The first-order valence-corrected chi connectivity index (χ1v) is 7.64. The molecule has 0 radical (unpaired) electrons. The van der Waals surface area contributed by atoms with Crippen molar-refractivity contribution < 1.29 is 14.3 Å². The molecule has 0 aliphatic carbocycles. The first kappa shape index (κ1) is 17.3. The number of hydrogen-bond acceptors (Lipinski definition) is 3. The highest BCUT2D eigenvalue weighted by Crippen LogP contribution is 2.22. The fourth-order valence-electron chi connectivity index (χ4n) is 1.98. The maximum atomic E-state index is 12.3. The lowest BCUT2D eigenvalue weighted by Gasteiger charge is -2.21. The molecular formula is C17H15Cl2NO3. The number of benzene rings is 2. The van der Waals surface area contributed by atoms with Gasteiger partial charge in [-0.1, -0.05) is 41.4 Å². The molecule has 2 rings (SSSR count). The number of rotatable bonds is 4. The number of anilines is 1. The number of carbonyl (C=O) groups excluding carboxylic acids is 2. The van der Waals surface area contributed by atoms with Crippen molar-refractivity contribution in [1.29, 1.82) is 0 Å². The van der Waals surface area contributed by atoms with Crippen molar-refractivity contribution in [1.82, 2.24) is 0 Å². The van der Waals surface area contributed by atoms with Crippen LogP contribution in [0, 0.1) is 0 Å². The minimum Gasteiger partial charge on any atom is -0.449 e. The Bertz CT molecular complexity index is 719. The van der Waals surface area contributed by atoms with Crippen molar-refractivity contribution in [3.05, 3.63) is 64.1 Å². The third kappa shape index (κ3) is 4.24. The Morgan fingerprint density at radius 1 is 1.09 bits per heavy atom. The lowest BCUT2D eigenvalue weighted by atomic mass is 10.2. The van der Waals surface area contributed by atoms with Crippen LogP contribution >= 0.6 is 23.2 Å². The van der Waals surface area contributed by atoms with E-state index in [4.69, 9.17) is 27.9 Å². The standard InChI is InChI=1S/C17H15Cl2NO3/c1-11(16(21)20(2)13-6-4-3-5-7-13)23-17(22)14-9-8-12(18)10-15(14)19/h3-11H,1-2H3/t11-/m0/s1. The van der Waals surface area contributed by atoms with E-state index in [1.807, 2.05) is 18.2 Å². The van der Waals surface area contributed by atoms with Gasteiger partial charge in [-0.3, -0.25) is 4.79 Å². The van der Waals surface area contributed by atoms with Crippen LogP contribution in [0.4, 0.5) is 5.69 Å². The van der Waals surface area contributed by atoms with Crippen LogP contribution in [0.3, 0.4) is 0 Å². The van der Waals surface area contributed by atoms with Crippen molar-refractivity contribution in [3.63, 3.8) is 0 Å². The van der Waals surface area contributed by atoms with E-state index in [9.17, 15) is 9.59 Å². The highest BCUT2D eigenvalue weighted by molar-refractivity contribution is 6.36. The van der Waals surface area contributed by atoms with Gasteiger partial charge in [0.1, 0.15) is 0 Å². The summed E-state index contributed by atoms with van der Waals surface area (Å²) in [5.74, 6) is -1.01. The number of carbonyl (C=O) groups is 2. The number of para-hydroxylation sites is 1. The molecule has 23 heavy (non-hydrogen) atoms. The molecule has 4 nitrogen and oxygen atoms in total. The van der Waals surface area contributed by atoms with Gasteiger partial charge in [-0.15, -0.1) is 0 Å². The molecule has 2 aromatic rings. The first-order valence-electron chi connectivity index (χ1n) is 6.89. The second kappa shape index (κ2) is 7.49. The summed E-state index contributed by atoms with van der Waals surface area (Å²) >= 11 is 11.8. The molecule has 0 bridgehead atoms. The van der Waals surface area contributed by atoms with Crippen LogP contribution in [-0.2, 0) is 9.53 Å². The van der Waals surface area contributed by atoms with Crippen LogP contribution in [0.5, 0.6) is 0 Å². The molecular weight excluding hydrogens is 337 g/mol. The Morgan fingerprint density at radius 3 is 2.35 bits per heavy atom. The second-order valence-electron chi connectivity index (χ2n) is 4.90. The van der Waals surface area contributed by atoms with E-state index in [0.29, 0.717) is 10.7 Å². The Labute approximate surface area is 144 Å². The van der Waals surface area contributed by atoms with Gasteiger partial charge in [0, 0.05) is 17.8 Å². The second-order valence-corrected chi connectivity index (χ2v) is 5.75. The van der Waals surface area contributed by atoms with Gasteiger partial charge in [0.2, 0.25) is 0 Å². The van der Waals surface area contributed by atoms with Crippen molar-refractivity contribution in [2.45, 2.75) is 13.0 Å². The van der Waals surface area contributed by atoms with Crippen molar-refractivity contribution in [2.75, 3.05) is 11.9 Å². The molecule has 0 aliphatic heterocycles. The summed E-state index contributed by atoms with van der Waals surface area (Å²) in [6.07, 6.45) is -0.945. The van der Waals surface area contributed by atoms with Crippen LogP contribution in [0.15, 0.2) is 48.5 Å². The molecule has 0 saturated heterocycles. The average Bonchev–Trinajstić information content (AvgIpc) is 2.54. The molecule has 1 amide bonds. The van der Waals surface area contributed by atoms with Gasteiger partial charge in [0.05, 0.1) is 10.6 Å². The van der Waals surface area contributed by atoms with Gasteiger partial charge in [-0.2, -0.15) is 0 Å². The Balaban J connectivity index is 2.07. The zero-order valence-electron chi connectivity index (χ0n) is 12.6. The first-order chi connectivity index (χ1) is 10.9. The molecule has 0 N–H and O–H groups in total. The van der Waals surface area contributed by atoms with Crippen LogP contribution in [0.2, 0.25) is 10.0 Å². The molecule has 0 heterocycles. The monoisotopic (exact) mass is 351 g/mol. The quantitative estimate of drug-likeness (QED) is 0.775. The SMILES string of the molecule is C[C@H](OC(=O)c1ccc(Cl)cc1Cl)C(=O)N(C)c1ccccc1. The summed E-state index contributed by atoms with van der Waals surface area (Å²) in [5, 5.41) is 0.595. The van der Waals surface area contributed by atoms with Gasteiger partial charge >= 0.3 is 5.97 Å². The van der Waals surface area contributed by atoms with Crippen LogP contribution < -0.4 is 4.90 Å². The molecule has 6 heteroatoms. The van der Waals surface area contributed by atoms with Crippen molar-refractivity contribution in [2.24, 2.45) is 0 Å². The van der Waals surface area contributed by atoms with E-state index in [1.165, 1.54) is 30.0 Å². The Kier molecular flexibility index (Phi) is 5.64. The number of ether oxygens (including phenoxy) is 1. The predicted molar refractivity (Wildman–Crippen MR) is 91.2 cm³/mol. The molecule has 120 valence electrons. The zero-order valence-corrected chi connectivity index (χ0v) is 14.1. The molecule has 0 fully saturated rings. The topological polar surface area (TPSA) is 46.6 Å².